The van der Waals surface area contributed by atoms with E-state index in [9.17, 15) is 9.90 Å². The average molecular weight is 237 g/mol. The minimum Gasteiger partial charge on any atom is -0.496 e. The van der Waals surface area contributed by atoms with Crippen LogP contribution in [0, 0.1) is 0 Å². The molecule has 0 heterocycles. The number of methoxy groups -OCH3 is 1. The Morgan fingerprint density at radius 1 is 1.53 bits per heavy atom. The van der Waals surface area contributed by atoms with Crippen LogP contribution in [-0.4, -0.2) is 31.3 Å². The summed E-state index contributed by atoms with van der Waals surface area (Å²) in [6.07, 6.45) is -0.166. The summed E-state index contributed by atoms with van der Waals surface area (Å²) in [5, 5.41) is 9.26. The van der Waals surface area contributed by atoms with E-state index in [4.69, 9.17) is 4.74 Å². The van der Waals surface area contributed by atoms with Crippen LogP contribution in [0.4, 0.5) is 5.69 Å². The zero-order valence-electron chi connectivity index (χ0n) is 10.7. The van der Waals surface area contributed by atoms with Gasteiger partial charge in [0.1, 0.15) is 11.9 Å². The smallest absolute Gasteiger partial charge is 0.255 e. The SMILES string of the molecule is CCc1cc(N(C)C(=O)C(C)O)ccc1OC. The van der Waals surface area contributed by atoms with Crippen molar-refractivity contribution < 1.29 is 14.6 Å². The zero-order chi connectivity index (χ0) is 13.0. The Hall–Kier alpha value is -1.55. The first-order valence-electron chi connectivity index (χ1n) is 5.63. The van der Waals surface area contributed by atoms with Crippen LogP contribution in [0.2, 0.25) is 0 Å². The van der Waals surface area contributed by atoms with Gasteiger partial charge in [-0.15, -0.1) is 0 Å². The van der Waals surface area contributed by atoms with Gasteiger partial charge in [0.15, 0.2) is 0 Å². The van der Waals surface area contributed by atoms with Crippen molar-refractivity contribution in [2.75, 3.05) is 19.1 Å². The number of hydrogen-bond donors (Lipinski definition) is 1. The summed E-state index contributed by atoms with van der Waals surface area (Å²) in [6, 6.07) is 5.54. The Morgan fingerprint density at radius 2 is 2.18 bits per heavy atom. The Balaban J connectivity index is 3.03. The highest BCUT2D eigenvalue weighted by molar-refractivity contribution is 5.95. The van der Waals surface area contributed by atoms with Gasteiger partial charge in [0.25, 0.3) is 5.91 Å². The normalized spacial score (nSPS) is 12.1. The highest BCUT2D eigenvalue weighted by Gasteiger charge is 2.16. The molecule has 0 radical (unpaired) electrons. The predicted octanol–water partition coefficient (Wildman–Crippen LogP) is 1.60. The maximum atomic E-state index is 11.6. The van der Waals surface area contributed by atoms with Crippen LogP contribution in [0.3, 0.4) is 0 Å². The Bertz CT molecular complexity index is 402. The van der Waals surface area contributed by atoms with Crippen LogP contribution in [0.15, 0.2) is 18.2 Å². The fourth-order valence-corrected chi connectivity index (χ4v) is 1.66. The van der Waals surface area contributed by atoms with E-state index in [1.54, 1.807) is 20.2 Å². The predicted molar refractivity (Wildman–Crippen MR) is 67.5 cm³/mol. The number of ether oxygens (including phenoxy) is 1. The number of hydrogen-bond acceptors (Lipinski definition) is 3. The molecular formula is C13H19NO3. The fraction of sp³-hybridized carbons (Fsp3) is 0.462. The fourth-order valence-electron chi connectivity index (χ4n) is 1.66. The molecule has 1 atom stereocenters. The van der Waals surface area contributed by atoms with Gasteiger partial charge >= 0.3 is 0 Å². The highest BCUT2D eigenvalue weighted by Crippen LogP contribution is 2.25. The van der Waals surface area contributed by atoms with E-state index in [2.05, 4.69) is 0 Å². The number of anilines is 1. The van der Waals surface area contributed by atoms with E-state index in [0.717, 1.165) is 23.4 Å². The van der Waals surface area contributed by atoms with Gasteiger partial charge < -0.3 is 14.7 Å². The molecule has 1 unspecified atom stereocenters. The minimum absolute atomic E-state index is 0.322. The standard InChI is InChI=1S/C13H19NO3/c1-5-10-8-11(6-7-12(10)17-4)14(3)13(16)9(2)15/h6-9,15H,5H2,1-4H3. The van der Waals surface area contributed by atoms with Crippen molar-refractivity contribution in [3.63, 3.8) is 0 Å². The second-order valence-corrected chi connectivity index (χ2v) is 3.92. The number of carbonyl (C=O) groups excluding carboxylic acids is 1. The Labute approximate surface area is 102 Å². The maximum absolute atomic E-state index is 11.6. The van der Waals surface area contributed by atoms with Crippen molar-refractivity contribution in [1.29, 1.82) is 0 Å². The second kappa shape index (κ2) is 5.68. The van der Waals surface area contributed by atoms with E-state index in [0.29, 0.717) is 0 Å². The van der Waals surface area contributed by atoms with Crippen molar-refractivity contribution in [2.45, 2.75) is 26.4 Å². The van der Waals surface area contributed by atoms with Crippen LogP contribution in [0.5, 0.6) is 5.75 Å². The monoisotopic (exact) mass is 237 g/mol. The third-order valence-electron chi connectivity index (χ3n) is 2.72. The van der Waals surface area contributed by atoms with Crippen molar-refractivity contribution >= 4 is 11.6 Å². The number of rotatable bonds is 4. The third-order valence-corrected chi connectivity index (χ3v) is 2.72. The van der Waals surface area contributed by atoms with Crippen LogP contribution >= 0.6 is 0 Å². The summed E-state index contributed by atoms with van der Waals surface area (Å²) in [4.78, 5) is 13.1. The minimum atomic E-state index is -0.993. The lowest BCUT2D eigenvalue weighted by Gasteiger charge is -2.20. The molecule has 1 N–H and O–H groups in total. The number of aryl methyl sites for hydroxylation is 1. The first kappa shape index (κ1) is 13.5. The number of amides is 1. The summed E-state index contributed by atoms with van der Waals surface area (Å²) in [6.45, 7) is 3.49. The van der Waals surface area contributed by atoms with Crippen molar-refractivity contribution in [2.24, 2.45) is 0 Å². The van der Waals surface area contributed by atoms with E-state index in [1.807, 2.05) is 19.1 Å². The van der Waals surface area contributed by atoms with Gasteiger partial charge in [-0.1, -0.05) is 6.92 Å². The molecule has 0 spiro atoms. The van der Waals surface area contributed by atoms with Crippen LogP contribution in [-0.2, 0) is 11.2 Å². The topological polar surface area (TPSA) is 49.8 Å². The molecule has 94 valence electrons. The molecular weight excluding hydrogens is 218 g/mol. The zero-order valence-corrected chi connectivity index (χ0v) is 10.7. The quantitative estimate of drug-likeness (QED) is 0.865. The molecule has 0 aliphatic rings. The summed E-state index contributed by atoms with van der Waals surface area (Å²) in [5.74, 6) is 0.492. The van der Waals surface area contributed by atoms with Crippen LogP contribution < -0.4 is 9.64 Å². The van der Waals surface area contributed by atoms with Crippen LogP contribution in [0.25, 0.3) is 0 Å². The van der Waals surface area contributed by atoms with Gasteiger partial charge in [-0.3, -0.25) is 4.79 Å². The number of benzene rings is 1. The Morgan fingerprint density at radius 3 is 2.65 bits per heavy atom. The number of likely N-dealkylation sites (N-methyl/N-ethyl adjacent to an activating group) is 1. The molecule has 0 aliphatic heterocycles. The first-order valence-corrected chi connectivity index (χ1v) is 5.63. The molecule has 0 saturated heterocycles. The van der Waals surface area contributed by atoms with E-state index < -0.39 is 6.10 Å². The Kier molecular flexibility index (Phi) is 4.52. The van der Waals surface area contributed by atoms with Gasteiger partial charge in [0.2, 0.25) is 0 Å². The van der Waals surface area contributed by atoms with Gasteiger partial charge in [-0.25, -0.2) is 0 Å². The molecule has 1 amide bonds. The molecule has 0 saturated carbocycles. The summed E-state index contributed by atoms with van der Waals surface area (Å²) >= 11 is 0. The van der Waals surface area contributed by atoms with Crippen LogP contribution in [0.1, 0.15) is 19.4 Å². The lowest BCUT2D eigenvalue weighted by atomic mass is 10.1. The molecule has 4 nitrogen and oxygen atoms in total. The molecule has 0 bridgehead atoms. The molecule has 1 rings (SSSR count). The lowest BCUT2D eigenvalue weighted by molar-refractivity contribution is -0.125. The van der Waals surface area contributed by atoms with Crippen molar-refractivity contribution in [3.05, 3.63) is 23.8 Å². The largest absolute Gasteiger partial charge is 0.496 e. The third kappa shape index (κ3) is 2.97. The number of aliphatic hydroxyl groups is 1. The molecule has 17 heavy (non-hydrogen) atoms. The van der Waals surface area contributed by atoms with Crippen molar-refractivity contribution in [1.82, 2.24) is 0 Å². The van der Waals surface area contributed by atoms with Gasteiger partial charge in [-0.05, 0) is 37.1 Å². The summed E-state index contributed by atoms with van der Waals surface area (Å²) < 4.78 is 5.23. The summed E-state index contributed by atoms with van der Waals surface area (Å²) in [7, 11) is 3.27. The number of nitrogens with zero attached hydrogens (tertiary/aromatic N) is 1. The van der Waals surface area contributed by atoms with Gasteiger partial charge in [0, 0.05) is 12.7 Å². The van der Waals surface area contributed by atoms with Gasteiger partial charge in [0.05, 0.1) is 7.11 Å². The molecule has 1 aromatic carbocycles. The average Bonchev–Trinajstić information content (AvgIpc) is 2.35. The molecule has 1 aromatic rings. The molecule has 0 aliphatic carbocycles. The molecule has 0 aromatic heterocycles. The summed E-state index contributed by atoms with van der Waals surface area (Å²) in [5.41, 5.74) is 1.80. The van der Waals surface area contributed by atoms with E-state index >= 15 is 0 Å². The number of carbonyl (C=O) groups is 1. The lowest BCUT2D eigenvalue weighted by Crippen LogP contribution is -2.34. The molecule has 0 fully saturated rings. The highest BCUT2D eigenvalue weighted by atomic mass is 16.5. The number of aliphatic hydroxyl groups excluding tert-OH is 1. The van der Waals surface area contributed by atoms with E-state index in [1.165, 1.54) is 11.8 Å². The first-order chi connectivity index (χ1) is 8.01. The van der Waals surface area contributed by atoms with E-state index in [-0.39, 0.29) is 5.91 Å². The maximum Gasteiger partial charge on any atom is 0.255 e. The second-order valence-electron chi connectivity index (χ2n) is 3.92. The van der Waals surface area contributed by atoms with Crippen molar-refractivity contribution in [3.8, 4) is 5.75 Å². The van der Waals surface area contributed by atoms with Gasteiger partial charge in [-0.2, -0.15) is 0 Å². The molecule has 4 heteroatoms.